The molecule has 3 N–H and O–H groups in total. The highest BCUT2D eigenvalue weighted by molar-refractivity contribution is 5.96. The normalized spacial score (nSPS) is 27.1. The predicted molar refractivity (Wildman–Crippen MR) is 57.8 cm³/mol. The number of aliphatic hydroxyl groups excluding tert-OH is 1. The number of aliphatic carboxylic acids is 1. The van der Waals surface area contributed by atoms with Gasteiger partial charge in [-0.2, -0.15) is 0 Å². The van der Waals surface area contributed by atoms with E-state index in [0.29, 0.717) is 13.0 Å². The van der Waals surface area contributed by atoms with Gasteiger partial charge >= 0.3 is 5.97 Å². The Balaban J connectivity index is 2.28. The van der Waals surface area contributed by atoms with Crippen LogP contribution in [0, 0.1) is 11.8 Å². The van der Waals surface area contributed by atoms with Gasteiger partial charge in [0, 0.05) is 6.54 Å². The van der Waals surface area contributed by atoms with E-state index in [1.54, 1.807) is 0 Å². The van der Waals surface area contributed by atoms with Gasteiger partial charge in [-0.05, 0) is 32.1 Å². The van der Waals surface area contributed by atoms with Gasteiger partial charge in [0.2, 0.25) is 5.91 Å². The Kier molecular flexibility index (Phi) is 4.73. The molecule has 0 aromatic rings. The van der Waals surface area contributed by atoms with Crippen LogP contribution in [0.5, 0.6) is 0 Å². The maximum absolute atomic E-state index is 11.4. The van der Waals surface area contributed by atoms with Crippen molar-refractivity contribution < 1.29 is 19.8 Å². The van der Waals surface area contributed by atoms with Gasteiger partial charge in [-0.25, -0.2) is 0 Å². The average Bonchev–Trinajstić information content (AvgIpc) is 2.24. The largest absolute Gasteiger partial charge is 0.481 e. The molecular weight excluding hydrogens is 210 g/mol. The number of carbonyl (C=O) groups excluding carboxylic acids is 1. The van der Waals surface area contributed by atoms with Crippen molar-refractivity contribution in [2.45, 2.75) is 38.7 Å². The predicted octanol–water partition coefficient (Wildman–Crippen LogP) is 0.374. The third-order valence-electron chi connectivity index (χ3n) is 3.08. The van der Waals surface area contributed by atoms with Crippen LogP contribution in [-0.2, 0) is 9.59 Å². The van der Waals surface area contributed by atoms with Gasteiger partial charge in [0.05, 0.1) is 6.10 Å². The van der Waals surface area contributed by atoms with Crippen molar-refractivity contribution in [2.75, 3.05) is 6.54 Å². The summed E-state index contributed by atoms with van der Waals surface area (Å²) in [5, 5.41) is 20.7. The molecule has 0 aromatic carbocycles. The van der Waals surface area contributed by atoms with Crippen molar-refractivity contribution in [2.24, 2.45) is 11.8 Å². The van der Waals surface area contributed by atoms with E-state index in [2.05, 4.69) is 5.32 Å². The Morgan fingerprint density at radius 2 is 2.12 bits per heavy atom. The first-order chi connectivity index (χ1) is 7.50. The van der Waals surface area contributed by atoms with Crippen LogP contribution in [0.2, 0.25) is 0 Å². The number of rotatable bonds is 4. The van der Waals surface area contributed by atoms with E-state index in [1.165, 1.54) is 6.92 Å². The zero-order valence-electron chi connectivity index (χ0n) is 9.48. The van der Waals surface area contributed by atoms with Crippen LogP contribution in [0.4, 0.5) is 0 Å². The van der Waals surface area contributed by atoms with Crippen molar-refractivity contribution in [3.05, 3.63) is 0 Å². The molecule has 5 nitrogen and oxygen atoms in total. The summed E-state index contributed by atoms with van der Waals surface area (Å²) in [6, 6.07) is 0. The molecule has 0 saturated heterocycles. The SMILES string of the molecule is CC(C(=O)O)C(=O)NCC1CCCC(O)C1. The maximum Gasteiger partial charge on any atom is 0.315 e. The maximum atomic E-state index is 11.4. The number of hydrogen-bond donors (Lipinski definition) is 3. The number of amides is 1. The summed E-state index contributed by atoms with van der Waals surface area (Å²) in [5.74, 6) is -2.30. The van der Waals surface area contributed by atoms with E-state index in [4.69, 9.17) is 5.11 Å². The first-order valence-electron chi connectivity index (χ1n) is 5.69. The highest BCUT2D eigenvalue weighted by Crippen LogP contribution is 2.23. The lowest BCUT2D eigenvalue weighted by Gasteiger charge is -2.26. The first kappa shape index (κ1) is 13.0. The summed E-state index contributed by atoms with van der Waals surface area (Å²) in [6.45, 7) is 1.83. The van der Waals surface area contributed by atoms with Crippen molar-refractivity contribution in [3.63, 3.8) is 0 Å². The number of carbonyl (C=O) groups is 2. The minimum absolute atomic E-state index is 0.271. The van der Waals surface area contributed by atoms with Crippen LogP contribution in [0.25, 0.3) is 0 Å². The van der Waals surface area contributed by atoms with Gasteiger partial charge in [-0.15, -0.1) is 0 Å². The summed E-state index contributed by atoms with van der Waals surface area (Å²) in [7, 11) is 0. The van der Waals surface area contributed by atoms with Gasteiger partial charge in [0.1, 0.15) is 5.92 Å². The monoisotopic (exact) mass is 229 g/mol. The standard InChI is InChI=1S/C11H19NO4/c1-7(11(15)16)10(14)12-6-8-3-2-4-9(13)5-8/h7-9,13H,2-6H2,1H3,(H,12,14)(H,15,16). The Hall–Kier alpha value is -1.10. The van der Waals surface area contributed by atoms with E-state index in [9.17, 15) is 14.7 Å². The molecule has 0 aliphatic heterocycles. The van der Waals surface area contributed by atoms with Gasteiger partial charge in [-0.1, -0.05) is 6.42 Å². The molecule has 3 unspecified atom stereocenters. The van der Waals surface area contributed by atoms with E-state index in [1.807, 2.05) is 0 Å². The van der Waals surface area contributed by atoms with E-state index >= 15 is 0 Å². The molecule has 1 aliphatic rings. The average molecular weight is 229 g/mol. The third-order valence-corrected chi connectivity index (χ3v) is 3.08. The van der Waals surface area contributed by atoms with E-state index in [-0.39, 0.29) is 12.0 Å². The van der Waals surface area contributed by atoms with Crippen molar-refractivity contribution >= 4 is 11.9 Å². The number of hydrogen-bond acceptors (Lipinski definition) is 3. The molecule has 1 amide bonds. The summed E-state index contributed by atoms with van der Waals surface area (Å²) >= 11 is 0. The first-order valence-corrected chi connectivity index (χ1v) is 5.69. The minimum atomic E-state index is -1.11. The second-order valence-electron chi connectivity index (χ2n) is 4.49. The van der Waals surface area contributed by atoms with Gasteiger partial charge < -0.3 is 15.5 Å². The molecular formula is C11H19NO4. The molecule has 16 heavy (non-hydrogen) atoms. The second kappa shape index (κ2) is 5.84. The molecule has 92 valence electrons. The summed E-state index contributed by atoms with van der Waals surface area (Å²) < 4.78 is 0. The lowest BCUT2D eigenvalue weighted by Crippen LogP contribution is -2.38. The third kappa shape index (κ3) is 3.81. The lowest BCUT2D eigenvalue weighted by molar-refractivity contribution is -0.146. The molecule has 1 saturated carbocycles. The molecule has 1 rings (SSSR count). The van der Waals surface area contributed by atoms with Crippen molar-refractivity contribution in [3.8, 4) is 0 Å². The van der Waals surface area contributed by atoms with Crippen LogP contribution >= 0.6 is 0 Å². The molecule has 5 heteroatoms. The van der Waals surface area contributed by atoms with Crippen molar-refractivity contribution in [1.82, 2.24) is 5.32 Å². The van der Waals surface area contributed by atoms with Gasteiger partial charge in [0.25, 0.3) is 0 Å². The number of nitrogens with one attached hydrogen (secondary N) is 1. The molecule has 0 aromatic heterocycles. The topological polar surface area (TPSA) is 86.6 Å². The highest BCUT2D eigenvalue weighted by atomic mass is 16.4. The molecule has 1 fully saturated rings. The fourth-order valence-electron chi connectivity index (χ4n) is 1.96. The second-order valence-corrected chi connectivity index (χ2v) is 4.49. The molecule has 1 aliphatic carbocycles. The zero-order valence-corrected chi connectivity index (χ0v) is 9.48. The Labute approximate surface area is 94.8 Å². The van der Waals surface area contributed by atoms with Crippen LogP contribution in [-0.4, -0.2) is 34.7 Å². The quantitative estimate of drug-likeness (QED) is 0.608. The Bertz CT molecular complexity index is 267. The summed E-state index contributed by atoms with van der Waals surface area (Å²) in [6.07, 6.45) is 3.21. The van der Waals surface area contributed by atoms with Crippen LogP contribution in [0.3, 0.4) is 0 Å². The van der Waals surface area contributed by atoms with Crippen LogP contribution < -0.4 is 5.32 Å². The minimum Gasteiger partial charge on any atom is -0.481 e. The summed E-state index contributed by atoms with van der Waals surface area (Å²) in [5.41, 5.74) is 0. The number of aliphatic hydroxyl groups is 1. The number of carboxylic acids is 1. The molecule has 0 heterocycles. The summed E-state index contributed by atoms with van der Waals surface area (Å²) in [4.78, 5) is 21.9. The number of carboxylic acid groups (broad SMARTS) is 1. The lowest BCUT2D eigenvalue weighted by atomic mass is 9.87. The highest BCUT2D eigenvalue weighted by Gasteiger charge is 2.23. The fourth-order valence-corrected chi connectivity index (χ4v) is 1.96. The van der Waals surface area contributed by atoms with Gasteiger partial charge in [-0.3, -0.25) is 9.59 Å². The van der Waals surface area contributed by atoms with Gasteiger partial charge in [0.15, 0.2) is 0 Å². The molecule has 0 bridgehead atoms. The molecule has 0 radical (unpaired) electrons. The molecule has 3 atom stereocenters. The fraction of sp³-hybridized carbons (Fsp3) is 0.818. The van der Waals surface area contributed by atoms with Crippen LogP contribution in [0.15, 0.2) is 0 Å². The Morgan fingerprint density at radius 3 is 2.69 bits per heavy atom. The van der Waals surface area contributed by atoms with Crippen molar-refractivity contribution in [1.29, 1.82) is 0 Å². The molecule has 0 spiro atoms. The zero-order chi connectivity index (χ0) is 12.1. The smallest absolute Gasteiger partial charge is 0.315 e. The Morgan fingerprint density at radius 1 is 1.44 bits per heavy atom. The van der Waals surface area contributed by atoms with E-state index in [0.717, 1.165) is 19.3 Å². The van der Waals surface area contributed by atoms with Crippen LogP contribution in [0.1, 0.15) is 32.6 Å². The van der Waals surface area contributed by atoms with E-state index < -0.39 is 17.8 Å².